The van der Waals surface area contributed by atoms with Gasteiger partial charge in [-0.05, 0) is 30.7 Å². The fourth-order valence-corrected chi connectivity index (χ4v) is 1.87. The predicted molar refractivity (Wildman–Crippen MR) is 65.4 cm³/mol. The van der Waals surface area contributed by atoms with Crippen molar-refractivity contribution < 1.29 is 9.84 Å². The Balaban J connectivity index is 2.80. The highest BCUT2D eigenvalue weighted by molar-refractivity contribution is 5.30. The molecule has 16 heavy (non-hydrogen) atoms. The van der Waals surface area contributed by atoms with E-state index >= 15 is 0 Å². The normalized spacial score (nSPS) is 14.5. The SMILES string of the molecule is CCCC(CN)C(O)c1cccc(OC)c1. The fourth-order valence-electron chi connectivity index (χ4n) is 1.87. The zero-order chi connectivity index (χ0) is 12.0. The van der Waals surface area contributed by atoms with Crippen LogP contribution in [0.5, 0.6) is 5.75 Å². The molecule has 0 aliphatic carbocycles. The molecule has 3 heteroatoms. The summed E-state index contributed by atoms with van der Waals surface area (Å²) < 4.78 is 5.14. The highest BCUT2D eigenvalue weighted by Gasteiger charge is 2.18. The van der Waals surface area contributed by atoms with Gasteiger partial charge in [-0.1, -0.05) is 25.5 Å². The highest BCUT2D eigenvalue weighted by Crippen LogP contribution is 2.27. The second-order valence-electron chi connectivity index (χ2n) is 4.01. The van der Waals surface area contributed by atoms with Crippen molar-refractivity contribution in [2.45, 2.75) is 25.9 Å². The van der Waals surface area contributed by atoms with Crippen molar-refractivity contribution in [1.29, 1.82) is 0 Å². The van der Waals surface area contributed by atoms with Crippen molar-refractivity contribution in [3.63, 3.8) is 0 Å². The largest absolute Gasteiger partial charge is 0.497 e. The van der Waals surface area contributed by atoms with E-state index in [1.54, 1.807) is 7.11 Å². The molecule has 1 aromatic rings. The van der Waals surface area contributed by atoms with Gasteiger partial charge in [0.15, 0.2) is 0 Å². The molecular formula is C13H21NO2. The molecular weight excluding hydrogens is 202 g/mol. The molecule has 2 unspecified atom stereocenters. The zero-order valence-corrected chi connectivity index (χ0v) is 10.0. The molecule has 0 aromatic heterocycles. The lowest BCUT2D eigenvalue weighted by Crippen LogP contribution is -2.21. The Hall–Kier alpha value is -1.06. The maximum Gasteiger partial charge on any atom is 0.119 e. The lowest BCUT2D eigenvalue weighted by atomic mass is 9.92. The van der Waals surface area contributed by atoms with Gasteiger partial charge in [0.2, 0.25) is 0 Å². The molecule has 0 saturated heterocycles. The van der Waals surface area contributed by atoms with Crippen LogP contribution >= 0.6 is 0 Å². The Morgan fingerprint density at radius 3 is 2.75 bits per heavy atom. The lowest BCUT2D eigenvalue weighted by Gasteiger charge is -2.21. The van der Waals surface area contributed by atoms with Gasteiger partial charge in [-0.15, -0.1) is 0 Å². The molecule has 90 valence electrons. The highest BCUT2D eigenvalue weighted by atomic mass is 16.5. The van der Waals surface area contributed by atoms with E-state index in [9.17, 15) is 5.11 Å². The number of nitrogens with two attached hydrogens (primary N) is 1. The van der Waals surface area contributed by atoms with Gasteiger partial charge >= 0.3 is 0 Å². The van der Waals surface area contributed by atoms with Gasteiger partial charge in [0.25, 0.3) is 0 Å². The van der Waals surface area contributed by atoms with Gasteiger partial charge in [-0.3, -0.25) is 0 Å². The Morgan fingerprint density at radius 1 is 1.44 bits per heavy atom. The molecule has 1 rings (SSSR count). The maximum atomic E-state index is 10.2. The van der Waals surface area contributed by atoms with Crippen LogP contribution in [0.4, 0.5) is 0 Å². The van der Waals surface area contributed by atoms with Gasteiger partial charge in [0, 0.05) is 5.92 Å². The third-order valence-corrected chi connectivity index (χ3v) is 2.84. The summed E-state index contributed by atoms with van der Waals surface area (Å²) in [6.07, 6.45) is 1.47. The number of aliphatic hydroxyl groups excluding tert-OH is 1. The van der Waals surface area contributed by atoms with Gasteiger partial charge in [-0.25, -0.2) is 0 Å². The van der Waals surface area contributed by atoms with E-state index in [0.29, 0.717) is 6.54 Å². The van der Waals surface area contributed by atoms with E-state index in [1.165, 1.54) is 0 Å². The first-order valence-electron chi connectivity index (χ1n) is 5.75. The fraction of sp³-hybridized carbons (Fsp3) is 0.538. The summed E-state index contributed by atoms with van der Waals surface area (Å²) in [5.41, 5.74) is 6.55. The first-order valence-corrected chi connectivity index (χ1v) is 5.75. The number of benzene rings is 1. The molecule has 3 N–H and O–H groups in total. The van der Waals surface area contributed by atoms with Crippen LogP contribution in [0.1, 0.15) is 31.4 Å². The molecule has 2 atom stereocenters. The van der Waals surface area contributed by atoms with E-state index in [-0.39, 0.29) is 5.92 Å². The van der Waals surface area contributed by atoms with Crippen LogP contribution in [0.25, 0.3) is 0 Å². The van der Waals surface area contributed by atoms with E-state index < -0.39 is 6.10 Å². The third-order valence-electron chi connectivity index (χ3n) is 2.84. The van der Waals surface area contributed by atoms with E-state index in [0.717, 1.165) is 24.2 Å². The number of hydrogen-bond donors (Lipinski definition) is 2. The van der Waals surface area contributed by atoms with E-state index in [4.69, 9.17) is 10.5 Å². The van der Waals surface area contributed by atoms with E-state index in [2.05, 4.69) is 6.92 Å². The van der Waals surface area contributed by atoms with Gasteiger partial charge in [0.1, 0.15) is 5.75 Å². The van der Waals surface area contributed by atoms with Gasteiger partial charge in [-0.2, -0.15) is 0 Å². The number of rotatable bonds is 6. The molecule has 1 aromatic carbocycles. The van der Waals surface area contributed by atoms with Crippen LogP contribution in [0.15, 0.2) is 24.3 Å². The van der Waals surface area contributed by atoms with E-state index in [1.807, 2.05) is 24.3 Å². The molecule has 3 nitrogen and oxygen atoms in total. The second-order valence-corrected chi connectivity index (χ2v) is 4.01. The average Bonchev–Trinajstić information content (AvgIpc) is 2.35. The smallest absolute Gasteiger partial charge is 0.119 e. The van der Waals surface area contributed by atoms with Crippen molar-refractivity contribution in [2.24, 2.45) is 11.7 Å². The minimum absolute atomic E-state index is 0.122. The Morgan fingerprint density at radius 2 is 2.19 bits per heavy atom. The van der Waals surface area contributed by atoms with Crippen LogP contribution < -0.4 is 10.5 Å². The zero-order valence-electron chi connectivity index (χ0n) is 10.0. The topological polar surface area (TPSA) is 55.5 Å². The molecule has 0 aliphatic rings. The molecule has 0 fully saturated rings. The monoisotopic (exact) mass is 223 g/mol. The minimum atomic E-state index is -0.500. The van der Waals surface area contributed by atoms with Crippen molar-refractivity contribution in [3.8, 4) is 5.75 Å². The maximum absolute atomic E-state index is 10.2. The average molecular weight is 223 g/mol. The second kappa shape index (κ2) is 6.51. The van der Waals surface area contributed by atoms with Gasteiger partial charge in [0.05, 0.1) is 13.2 Å². The first kappa shape index (κ1) is 13.0. The molecule has 0 amide bonds. The lowest BCUT2D eigenvalue weighted by molar-refractivity contribution is 0.106. The summed E-state index contributed by atoms with van der Waals surface area (Å²) in [5, 5.41) is 10.2. The Bertz CT molecular complexity index is 315. The van der Waals surface area contributed by atoms with Crippen LogP contribution in [0.2, 0.25) is 0 Å². The van der Waals surface area contributed by atoms with Crippen LogP contribution in [-0.2, 0) is 0 Å². The quantitative estimate of drug-likeness (QED) is 0.776. The molecule has 0 spiro atoms. The number of ether oxygens (including phenoxy) is 1. The molecule has 0 aliphatic heterocycles. The Labute approximate surface area is 97.2 Å². The summed E-state index contributed by atoms with van der Waals surface area (Å²) in [5.74, 6) is 0.890. The number of hydrogen-bond acceptors (Lipinski definition) is 3. The number of methoxy groups -OCH3 is 1. The summed E-state index contributed by atoms with van der Waals surface area (Å²) >= 11 is 0. The summed E-state index contributed by atoms with van der Waals surface area (Å²) in [7, 11) is 1.62. The molecule has 0 bridgehead atoms. The first-order chi connectivity index (χ1) is 7.72. The molecule has 0 radical (unpaired) electrons. The van der Waals surface area contributed by atoms with Gasteiger partial charge < -0.3 is 15.6 Å². The van der Waals surface area contributed by atoms with Crippen molar-refractivity contribution in [1.82, 2.24) is 0 Å². The van der Waals surface area contributed by atoms with Crippen molar-refractivity contribution >= 4 is 0 Å². The Kier molecular flexibility index (Phi) is 5.29. The molecule has 0 saturated carbocycles. The third kappa shape index (κ3) is 3.22. The summed E-state index contributed by atoms with van der Waals surface area (Å²) in [6, 6.07) is 7.53. The van der Waals surface area contributed by atoms with Crippen LogP contribution in [0, 0.1) is 5.92 Å². The van der Waals surface area contributed by atoms with Crippen molar-refractivity contribution in [2.75, 3.05) is 13.7 Å². The number of aliphatic hydroxyl groups is 1. The van der Waals surface area contributed by atoms with Crippen LogP contribution in [-0.4, -0.2) is 18.8 Å². The molecule has 0 heterocycles. The van der Waals surface area contributed by atoms with Crippen LogP contribution in [0.3, 0.4) is 0 Å². The standard InChI is InChI=1S/C13H21NO2/c1-3-5-11(9-14)13(15)10-6-4-7-12(8-10)16-2/h4,6-8,11,13,15H,3,5,9,14H2,1-2H3. The minimum Gasteiger partial charge on any atom is -0.497 e. The summed E-state index contributed by atoms with van der Waals surface area (Å²) in [6.45, 7) is 2.60. The van der Waals surface area contributed by atoms with Crippen molar-refractivity contribution in [3.05, 3.63) is 29.8 Å². The predicted octanol–water partition coefficient (Wildman–Crippen LogP) is 2.10. The summed E-state index contributed by atoms with van der Waals surface area (Å²) in [4.78, 5) is 0.